The van der Waals surface area contributed by atoms with Crippen molar-refractivity contribution in [3.05, 3.63) is 23.9 Å². The molecule has 0 spiro atoms. The maximum absolute atomic E-state index is 9.53. The van der Waals surface area contributed by atoms with Gasteiger partial charge in [-0.3, -0.25) is 0 Å². The highest BCUT2D eigenvalue weighted by Gasteiger charge is 2.08. The van der Waals surface area contributed by atoms with E-state index in [1.54, 1.807) is 6.07 Å². The lowest BCUT2D eigenvalue weighted by molar-refractivity contribution is -0.366. The molecule has 0 atom stereocenters. The molecule has 82 valence electrons. The number of aromatic nitrogens is 1. The van der Waals surface area contributed by atoms with Gasteiger partial charge in [0.2, 0.25) is 0 Å². The molecule has 0 saturated carbocycles. The summed E-state index contributed by atoms with van der Waals surface area (Å²) in [4.78, 5) is 2.98. The summed E-state index contributed by atoms with van der Waals surface area (Å²) in [5, 5.41) is 19.7. The van der Waals surface area contributed by atoms with Gasteiger partial charge in [-0.1, -0.05) is 0 Å². The number of halogens is 1. The molecule has 0 saturated heterocycles. The summed E-state index contributed by atoms with van der Waals surface area (Å²) in [6.07, 6.45) is 2.68. The summed E-state index contributed by atoms with van der Waals surface area (Å²) >= 11 is 0. The number of hydrogen-bond acceptors (Lipinski definition) is 2. The molecular formula is C10H13BrN2O2. The van der Waals surface area contributed by atoms with Crippen molar-refractivity contribution in [2.24, 2.45) is 0 Å². The first kappa shape index (κ1) is 11.9. The molecule has 4 nitrogen and oxygen atoms in total. The Hall–Kier alpha value is -1.20. The molecule has 2 rings (SSSR count). The first-order valence-corrected chi connectivity index (χ1v) is 4.53. The molecule has 2 aromatic rings. The van der Waals surface area contributed by atoms with E-state index in [9.17, 15) is 10.2 Å². The summed E-state index contributed by atoms with van der Waals surface area (Å²) in [6.45, 7) is 0.795. The first-order valence-electron chi connectivity index (χ1n) is 4.53. The number of rotatable bonds is 2. The number of benzene rings is 1. The topological polar surface area (TPSA) is 83.9 Å². The van der Waals surface area contributed by atoms with Crippen LogP contribution in [0.4, 0.5) is 0 Å². The van der Waals surface area contributed by atoms with Crippen molar-refractivity contribution in [1.29, 1.82) is 0 Å². The highest BCUT2D eigenvalue weighted by atomic mass is 79.9. The average Bonchev–Trinajstić information content (AvgIpc) is 2.49. The van der Waals surface area contributed by atoms with Crippen molar-refractivity contribution < 1.29 is 32.9 Å². The van der Waals surface area contributed by atoms with Gasteiger partial charge in [-0.2, -0.15) is 0 Å². The number of fused-ring (bicyclic) bond motifs is 1. The maximum Gasteiger partial charge on any atom is 0.143 e. The van der Waals surface area contributed by atoms with Crippen LogP contribution in [0.3, 0.4) is 0 Å². The Morgan fingerprint density at radius 3 is 2.67 bits per heavy atom. The Labute approximate surface area is 97.5 Å². The van der Waals surface area contributed by atoms with E-state index in [1.165, 1.54) is 6.07 Å². The summed E-state index contributed by atoms with van der Waals surface area (Å²) in [5.74, 6) is 0.162. The van der Waals surface area contributed by atoms with Crippen LogP contribution >= 0.6 is 0 Å². The van der Waals surface area contributed by atoms with Crippen LogP contribution in [0.1, 0.15) is 5.56 Å². The van der Waals surface area contributed by atoms with E-state index in [4.69, 9.17) is 0 Å². The van der Waals surface area contributed by atoms with Crippen molar-refractivity contribution in [2.75, 3.05) is 6.54 Å². The van der Waals surface area contributed by atoms with Gasteiger partial charge in [0, 0.05) is 24.1 Å². The number of phenols is 2. The van der Waals surface area contributed by atoms with Gasteiger partial charge in [0.15, 0.2) is 0 Å². The van der Waals surface area contributed by atoms with Crippen LogP contribution in [-0.2, 0) is 6.42 Å². The minimum atomic E-state index is 0. The lowest BCUT2D eigenvalue weighted by Gasteiger charge is -1.98. The Balaban J connectivity index is 0.00000112. The fourth-order valence-electron chi connectivity index (χ4n) is 1.65. The summed E-state index contributed by atoms with van der Waals surface area (Å²) in [6, 6.07) is 2.98. The van der Waals surface area contributed by atoms with Gasteiger partial charge in [-0.25, -0.2) is 0 Å². The monoisotopic (exact) mass is 272 g/mol. The zero-order valence-electron chi connectivity index (χ0n) is 8.13. The third-order valence-corrected chi connectivity index (χ3v) is 2.29. The number of phenolic OH excluding ortho intramolecular Hbond substituents is 2. The molecule has 1 aromatic heterocycles. The quantitative estimate of drug-likeness (QED) is 0.482. The molecule has 0 aliphatic rings. The van der Waals surface area contributed by atoms with Crippen LogP contribution in [0.5, 0.6) is 11.5 Å². The third-order valence-electron chi connectivity index (χ3n) is 2.29. The molecule has 15 heavy (non-hydrogen) atoms. The molecule has 0 fully saturated rings. The van der Waals surface area contributed by atoms with Gasteiger partial charge in [-0.05, 0) is 11.6 Å². The maximum atomic E-state index is 9.53. The van der Waals surface area contributed by atoms with Crippen molar-refractivity contribution in [3.8, 4) is 11.5 Å². The van der Waals surface area contributed by atoms with Gasteiger partial charge < -0.3 is 37.9 Å². The predicted octanol–water partition coefficient (Wildman–Crippen LogP) is -2.63. The van der Waals surface area contributed by atoms with Gasteiger partial charge in [0.1, 0.15) is 11.5 Å². The van der Waals surface area contributed by atoms with Crippen LogP contribution in [-0.4, -0.2) is 21.7 Å². The molecule has 0 bridgehead atoms. The minimum Gasteiger partial charge on any atom is -1.00 e. The fraction of sp³-hybridized carbons (Fsp3) is 0.200. The lowest BCUT2D eigenvalue weighted by atomic mass is 10.1. The second kappa shape index (κ2) is 4.55. The second-order valence-electron chi connectivity index (χ2n) is 3.30. The van der Waals surface area contributed by atoms with E-state index in [2.05, 4.69) is 10.7 Å². The summed E-state index contributed by atoms with van der Waals surface area (Å²) in [7, 11) is 0. The Morgan fingerprint density at radius 1 is 1.27 bits per heavy atom. The largest absolute Gasteiger partial charge is 1.00 e. The van der Waals surface area contributed by atoms with Crippen LogP contribution in [0.2, 0.25) is 0 Å². The molecule has 6 N–H and O–H groups in total. The van der Waals surface area contributed by atoms with E-state index in [-0.39, 0.29) is 28.5 Å². The van der Waals surface area contributed by atoms with E-state index in [0.29, 0.717) is 5.52 Å². The Kier molecular flexibility index (Phi) is 3.60. The van der Waals surface area contributed by atoms with Crippen molar-refractivity contribution in [2.45, 2.75) is 6.42 Å². The van der Waals surface area contributed by atoms with Crippen LogP contribution in [0, 0.1) is 0 Å². The number of aromatic amines is 1. The van der Waals surface area contributed by atoms with Gasteiger partial charge in [0.25, 0.3) is 0 Å². The van der Waals surface area contributed by atoms with Gasteiger partial charge >= 0.3 is 0 Å². The highest BCUT2D eigenvalue weighted by molar-refractivity contribution is 5.89. The van der Waals surface area contributed by atoms with Crippen molar-refractivity contribution in [3.63, 3.8) is 0 Å². The standard InChI is InChI=1S/C10H12N2O2.BrH/c11-2-1-6-5-12-10-8(6)3-7(13)4-9(10)14;/h3-5,12-14H,1-2,11H2;1H. The molecule has 0 unspecified atom stereocenters. The normalized spacial score (nSPS) is 10.2. The fourth-order valence-corrected chi connectivity index (χ4v) is 1.65. The molecule has 0 radical (unpaired) electrons. The zero-order chi connectivity index (χ0) is 10.1. The van der Waals surface area contributed by atoms with Crippen LogP contribution in [0.15, 0.2) is 18.3 Å². The van der Waals surface area contributed by atoms with Crippen molar-refractivity contribution in [1.82, 2.24) is 4.98 Å². The Morgan fingerprint density at radius 2 is 2.00 bits per heavy atom. The summed E-state index contributed by atoms with van der Waals surface area (Å²) < 4.78 is 0. The Bertz CT molecular complexity index is 468. The molecule has 0 amide bonds. The van der Waals surface area contributed by atoms with Crippen molar-refractivity contribution >= 4 is 10.9 Å². The zero-order valence-corrected chi connectivity index (χ0v) is 9.71. The van der Waals surface area contributed by atoms with E-state index in [1.807, 2.05) is 6.20 Å². The molecular weight excluding hydrogens is 260 g/mol. The number of quaternary nitrogens is 1. The SMILES string of the molecule is [Br-].[NH3+]CCc1c[nH]c2c(O)cc(O)cc12. The average molecular weight is 273 g/mol. The number of nitrogens with one attached hydrogen (secondary N) is 1. The molecule has 0 aliphatic carbocycles. The van der Waals surface area contributed by atoms with Gasteiger partial charge in [0.05, 0.1) is 12.1 Å². The number of H-pyrrole nitrogens is 1. The van der Waals surface area contributed by atoms with Crippen LogP contribution in [0.25, 0.3) is 10.9 Å². The minimum absolute atomic E-state index is 0. The summed E-state index contributed by atoms with van der Waals surface area (Å²) in [5.41, 5.74) is 5.52. The third kappa shape index (κ3) is 2.08. The van der Waals surface area contributed by atoms with Gasteiger partial charge in [-0.15, -0.1) is 0 Å². The highest BCUT2D eigenvalue weighted by Crippen LogP contribution is 2.30. The van der Waals surface area contributed by atoms with E-state index in [0.717, 1.165) is 23.9 Å². The lowest BCUT2D eigenvalue weighted by Crippen LogP contribution is -3.00. The number of hydrogen-bond donors (Lipinski definition) is 4. The molecule has 0 aliphatic heterocycles. The molecule has 1 heterocycles. The molecule has 5 heteroatoms. The van der Waals surface area contributed by atoms with E-state index < -0.39 is 0 Å². The second-order valence-corrected chi connectivity index (χ2v) is 3.30. The van der Waals surface area contributed by atoms with E-state index >= 15 is 0 Å². The van der Waals surface area contributed by atoms with Crippen LogP contribution < -0.4 is 22.7 Å². The predicted molar refractivity (Wildman–Crippen MR) is 53.1 cm³/mol. The number of aromatic hydroxyl groups is 2. The smallest absolute Gasteiger partial charge is 0.143 e. The molecule has 1 aromatic carbocycles. The first-order chi connectivity index (χ1) is 6.72.